The van der Waals surface area contributed by atoms with Crippen molar-refractivity contribution in [3.63, 3.8) is 0 Å². The number of ether oxygens (including phenoxy) is 3. The number of rotatable bonds is 7. The third kappa shape index (κ3) is 4.68. The summed E-state index contributed by atoms with van der Waals surface area (Å²) in [5, 5.41) is 54.6. The molecule has 200 valence electrons. The van der Waals surface area contributed by atoms with Gasteiger partial charge in [0, 0.05) is 34.5 Å². The van der Waals surface area contributed by atoms with E-state index in [0.717, 1.165) is 35.8 Å². The summed E-state index contributed by atoms with van der Waals surface area (Å²) < 4.78 is 16.9. The fraction of sp³-hybridized carbons (Fsp3) is 0.500. The second-order valence-electron chi connectivity index (χ2n) is 9.69. The van der Waals surface area contributed by atoms with E-state index in [1.807, 2.05) is 18.2 Å². The lowest BCUT2D eigenvalue weighted by molar-refractivity contribution is -0.339. The highest BCUT2D eigenvalue weighted by atomic mass is 16.8. The van der Waals surface area contributed by atoms with Crippen molar-refractivity contribution in [1.29, 1.82) is 0 Å². The molecule has 1 aromatic heterocycles. The van der Waals surface area contributed by atoms with Crippen molar-refractivity contribution < 1.29 is 44.5 Å². The third-order valence-corrected chi connectivity index (χ3v) is 7.59. The maximum Gasteiger partial charge on any atom is 0.334 e. The van der Waals surface area contributed by atoms with Crippen molar-refractivity contribution >= 4 is 16.9 Å². The Hall–Kier alpha value is -2.77. The maximum absolute atomic E-state index is 12.2. The number of hydrogen-bond donors (Lipinski definition) is 7. The van der Waals surface area contributed by atoms with Crippen LogP contribution in [0.4, 0.5) is 0 Å². The van der Waals surface area contributed by atoms with E-state index < -0.39 is 61.4 Å². The molecule has 3 aliphatic heterocycles. The van der Waals surface area contributed by atoms with Crippen LogP contribution in [0.2, 0.25) is 0 Å². The number of carboxylic acid groups (broad SMARTS) is 1. The number of para-hydroxylation sites is 1. The molecule has 1 fully saturated rings. The van der Waals surface area contributed by atoms with Crippen LogP contribution >= 0.6 is 0 Å². The zero-order valence-corrected chi connectivity index (χ0v) is 20.1. The first-order valence-corrected chi connectivity index (χ1v) is 12.3. The zero-order chi connectivity index (χ0) is 26.3. The van der Waals surface area contributed by atoms with Crippen molar-refractivity contribution in [3.05, 3.63) is 60.0 Å². The van der Waals surface area contributed by atoms with E-state index in [9.17, 15) is 30.3 Å². The van der Waals surface area contributed by atoms with Crippen LogP contribution in [-0.4, -0.2) is 86.6 Å². The number of H-pyrrole nitrogens is 1. The predicted molar refractivity (Wildman–Crippen MR) is 130 cm³/mol. The Morgan fingerprint density at radius 2 is 1.95 bits per heavy atom. The monoisotopic (exact) mass is 516 g/mol. The smallest absolute Gasteiger partial charge is 0.334 e. The van der Waals surface area contributed by atoms with E-state index in [1.54, 1.807) is 6.08 Å². The zero-order valence-electron chi connectivity index (χ0n) is 20.1. The molecule has 11 heteroatoms. The summed E-state index contributed by atoms with van der Waals surface area (Å²) in [6.45, 7) is 4.01. The van der Waals surface area contributed by atoms with Gasteiger partial charge in [-0.3, -0.25) is 0 Å². The molecule has 9 atom stereocenters. The number of fused-ring (bicyclic) bond motifs is 3. The molecule has 5 rings (SSSR count). The number of aliphatic hydroxyl groups is 4. The van der Waals surface area contributed by atoms with Crippen LogP contribution in [0.25, 0.3) is 10.9 Å². The van der Waals surface area contributed by atoms with Gasteiger partial charge in [0.25, 0.3) is 0 Å². The van der Waals surface area contributed by atoms with E-state index in [4.69, 9.17) is 14.2 Å². The van der Waals surface area contributed by atoms with E-state index in [1.165, 1.54) is 5.56 Å². The highest BCUT2D eigenvalue weighted by Gasteiger charge is 2.48. The van der Waals surface area contributed by atoms with Crippen LogP contribution in [0, 0.1) is 11.8 Å². The molecule has 0 aliphatic carbocycles. The summed E-state index contributed by atoms with van der Waals surface area (Å²) in [7, 11) is 0. The summed E-state index contributed by atoms with van der Waals surface area (Å²) in [5.41, 5.74) is 3.30. The highest BCUT2D eigenvalue weighted by molar-refractivity contribution is 5.87. The van der Waals surface area contributed by atoms with Gasteiger partial charge in [0.2, 0.25) is 6.29 Å². The van der Waals surface area contributed by atoms with Crippen LogP contribution < -0.4 is 5.32 Å². The van der Waals surface area contributed by atoms with Gasteiger partial charge in [0.15, 0.2) is 6.29 Å². The summed E-state index contributed by atoms with van der Waals surface area (Å²) in [6.07, 6.45) is -4.53. The minimum Gasteiger partial charge on any atom is -0.478 e. The number of hydrogen-bond acceptors (Lipinski definition) is 9. The van der Waals surface area contributed by atoms with Gasteiger partial charge < -0.3 is 50.0 Å². The number of carboxylic acids is 1. The largest absolute Gasteiger partial charge is 0.478 e. The number of aromatic amines is 1. The SMILES string of the molecule is C=C[C@H]1C(OC2OC(CO)C(O)C(O)C2O)OC=C(C(=O)O)[C@H]1C[C@@H]1NCCc2c1[nH]c1ccccc21. The molecule has 0 saturated carbocycles. The third-order valence-electron chi connectivity index (χ3n) is 7.59. The van der Waals surface area contributed by atoms with Gasteiger partial charge in [-0.05, 0) is 31.0 Å². The van der Waals surface area contributed by atoms with Crippen molar-refractivity contribution in [2.24, 2.45) is 11.8 Å². The molecule has 0 radical (unpaired) electrons. The number of aromatic nitrogens is 1. The van der Waals surface area contributed by atoms with Crippen molar-refractivity contribution in [2.45, 2.75) is 55.9 Å². The topological polar surface area (TPSA) is 174 Å². The van der Waals surface area contributed by atoms with E-state index in [2.05, 4.69) is 22.9 Å². The van der Waals surface area contributed by atoms with Gasteiger partial charge >= 0.3 is 5.97 Å². The summed E-state index contributed by atoms with van der Waals surface area (Å²) >= 11 is 0. The second kappa shape index (κ2) is 10.5. The van der Waals surface area contributed by atoms with E-state index in [-0.39, 0.29) is 11.6 Å². The predicted octanol–water partition coefficient (Wildman–Crippen LogP) is 0.305. The minimum absolute atomic E-state index is 0.0589. The summed E-state index contributed by atoms with van der Waals surface area (Å²) in [4.78, 5) is 15.6. The van der Waals surface area contributed by atoms with Crippen LogP contribution in [-0.2, 0) is 25.4 Å². The fourth-order valence-electron chi connectivity index (χ4n) is 5.64. The second-order valence-corrected chi connectivity index (χ2v) is 9.69. The molecule has 37 heavy (non-hydrogen) atoms. The van der Waals surface area contributed by atoms with Crippen LogP contribution in [0.5, 0.6) is 0 Å². The molecular weight excluding hydrogens is 484 g/mol. The Labute approximate surface area is 213 Å². The number of aliphatic hydroxyl groups excluding tert-OH is 4. The fourth-order valence-corrected chi connectivity index (χ4v) is 5.64. The quantitative estimate of drug-likeness (QED) is 0.254. The van der Waals surface area contributed by atoms with E-state index in [0.29, 0.717) is 6.42 Å². The summed E-state index contributed by atoms with van der Waals surface area (Å²) in [5.74, 6) is -2.36. The maximum atomic E-state index is 12.2. The van der Waals surface area contributed by atoms with Crippen molar-refractivity contribution in [1.82, 2.24) is 10.3 Å². The van der Waals surface area contributed by atoms with Gasteiger partial charge in [-0.2, -0.15) is 0 Å². The Morgan fingerprint density at radius 3 is 2.68 bits per heavy atom. The van der Waals surface area contributed by atoms with Gasteiger partial charge in [-0.15, -0.1) is 6.58 Å². The molecular formula is C26H32N2O9. The van der Waals surface area contributed by atoms with Gasteiger partial charge in [0.05, 0.1) is 18.4 Å². The van der Waals surface area contributed by atoms with Gasteiger partial charge in [-0.1, -0.05) is 24.3 Å². The van der Waals surface area contributed by atoms with E-state index >= 15 is 0 Å². The first kappa shape index (κ1) is 25.9. The first-order chi connectivity index (χ1) is 17.8. The normalized spacial score (nSPS) is 35.9. The average Bonchev–Trinajstić information content (AvgIpc) is 3.28. The van der Waals surface area contributed by atoms with Crippen molar-refractivity contribution in [2.75, 3.05) is 13.2 Å². The van der Waals surface area contributed by atoms with Crippen LogP contribution in [0.1, 0.15) is 23.7 Å². The molecule has 1 saturated heterocycles. The highest BCUT2D eigenvalue weighted by Crippen LogP contribution is 2.41. The molecule has 1 aromatic carbocycles. The molecule has 6 unspecified atom stereocenters. The van der Waals surface area contributed by atoms with Crippen molar-refractivity contribution in [3.8, 4) is 0 Å². The molecule has 2 aromatic rings. The average molecular weight is 517 g/mol. The number of aliphatic carboxylic acids is 1. The lowest BCUT2D eigenvalue weighted by Gasteiger charge is -2.43. The Morgan fingerprint density at radius 1 is 1.16 bits per heavy atom. The first-order valence-electron chi connectivity index (χ1n) is 12.3. The molecule has 4 heterocycles. The lowest BCUT2D eigenvalue weighted by Crippen LogP contribution is -2.60. The number of carbonyl (C=O) groups is 1. The minimum atomic E-state index is -1.62. The van der Waals surface area contributed by atoms with Crippen LogP contribution in [0.15, 0.2) is 48.8 Å². The number of nitrogens with one attached hydrogen (secondary N) is 2. The molecule has 7 N–H and O–H groups in total. The Kier molecular flexibility index (Phi) is 7.37. The van der Waals surface area contributed by atoms with Gasteiger partial charge in [0.1, 0.15) is 24.4 Å². The van der Waals surface area contributed by atoms with Gasteiger partial charge in [-0.25, -0.2) is 4.79 Å². The lowest BCUT2D eigenvalue weighted by atomic mass is 9.78. The molecule has 0 spiro atoms. The summed E-state index contributed by atoms with van der Waals surface area (Å²) in [6, 6.07) is 7.87. The Bertz CT molecular complexity index is 1180. The molecule has 0 amide bonds. The van der Waals surface area contributed by atoms with Crippen LogP contribution in [0.3, 0.4) is 0 Å². The Balaban J connectivity index is 1.41. The molecule has 11 nitrogen and oxygen atoms in total. The number of benzene rings is 1. The standard InChI is InChI=1S/C26H32N2O9/c1-2-12-15(9-18-20-14(7-8-27-18)13-5-3-4-6-17(13)28-20)16(24(33)34)11-35-25(12)37-26-23(32)22(31)21(30)19(10-29)36-26/h2-6,11-12,15,18-19,21-23,25-32H,1,7-10H2,(H,33,34)/t12-,15+,18+,19?,21?,22?,23?,25?,26?/m1/s1. The molecule has 0 bridgehead atoms. The molecule has 3 aliphatic rings.